The molecule has 0 bridgehead atoms. The van der Waals surface area contributed by atoms with Gasteiger partial charge in [0.15, 0.2) is 0 Å². The zero-order valence-electron chi connectivity index (χ0n) is 12.6. The molecule has 124 valence electrons. The number of rotatable bonds is 4. The van der Waals surface area contributed by atoms with Crippen LogP contribution in [-0.2, 0) is 10.0 Å². The van der Waals surface area contributed by atoms with E-state index in [0.29, 0.717) is 6.54 Å². The summed E-state index contributed by atoms with van der Waals surface area (Å²) in [5.41, 5.74) is 1.98. The van der Waals surface area contributed by atoms with E-state index in [1.54, 1.807) is 13.2 Å². The van der Waals surface area contributed by atoms with Crippen LogP contribution < -0.4 is 19.5 Å². The average molecular weight is 372 g/mol. The summed E-state index contributed by atoms with van der Waals surface area (Å²) in [6.45, 7) is 0.710. The monoisotopic (exact) mass is 371 g/mol. The van der Waals surface area contributed by atoms with E-state index in [0.717, 1.165) is 21.2 Å². The summed E-state index contributed by atoms with van der Waals surface area (Å²) in [6.07, 6.45) is 0. The molecule has 1 aliphatic heterocycles. The Bertz CT molecular complexity index is 820. The Balaban J connectivity index is 1.97. The molecule has 6 nitrogen and oxygen atoms in total. The van der Waals surface area contributed by atoms with Crippen LogP contribution in [0.2, 0.25) is 0 Å². The van der Waals surface area contributed by atoms with Crippen LogP contribution in [0.4, 0.5) is 5.69 Å². The van der Waals surface area contributed by atoms with Crippen molar-refractivity contribution in [1.82, 2.24) is 5.32 Å². The largest absolute Gasteiger partial charge is 0.497 e. The van der Waals surface area contributed by atoms with Crippen molar-refractivity contribution in [2.75, 3.05) is 25.0 Å². The van der Waals surface area contributed by atoms with Gasteiger partial charge in [0.05, 0.1) is 23.0 Å². The van der Waals surface area contributed by atoms with Crippen molar-refractivity contribution in [2.45, 2.75) is 14.5 Å². The first kappa shape index (κ1) is 16.6. The van der Waals surface area contributed by atoms with Crippen molar-refractivity contribution < 1.29 is 13.2 Å². The van der Waals surface area contributed by atoms with Gasteiger partial charge in [-0.3, -0.25) is 0 Å². The van der Waals surface area contributed by atoms with E-state index in [4.69, 9.17) is 9.88 Å². The lowest BCUT2D eigenvalue weighted by molar-refractivity contribution is 0.415. The molecular weight excluding hydrogens is 354 g/mol. The second kappa shape index (κ2) is 6.33. The number of sulfonamides is 1. The Labute approximate surface area is 143 Å². The third-order valence-electron chi connectivity index (χ3n) is 3.59. The molecule has 9 heteroatoms. The zero-order chi connectivity index (χ0) is 16.6. The Morgan fingerprint density at radius 1 is 1.39 bits per heavy atom. The van der Waals surface area contributed by atoms with Gasteiger partial charge in [-0.15, -0.1) is 11.3 Å². The van der Waals surface area contributed by atoms with Crippen LogP contribution in [0.5, 0.6) is 5.75 Å². The fourth-order valence-electron chi connectivity index (χ4n) is 2.39. The molecule has 3 N–H and O–H groups in total. The number of anilines is 1. The molecule has 2 heterocycles. The highest BCUT2D eigenvalue weighted by Gasteiger charge is 2.30. The maximum atomic E-state index is 11.6. The van der Waals surface area contributed by atoms with Crippen LogP contribution in [0.1, 0.15) is 11.6 Å². The molecule has 2 aromatic rings. The van der Waals surface area contributed by atoms with Gasteiger partial charge in [-0.05, 0) is 42.8 Å². The average Bonchev–Trinajstić information content (AvgIpc) is 2.98. The molecule has 0 spiro atoms. The van der Waals surface area contributed by atoms with Gasteiger partial charge in [-0.1, -0.05) is 6.07 Å². The Kier molecular flexibility index (Phi) is 4.56. The summed E-state index contributed by atoms with van der Waals surface area (Å²) in [5.74, 6) is 0.784. The quantitative estimate of drug-likeness (QED) is 0.802. The second-order valence-electron chi connectivity index (χ2n) is 5.05. The number of hydrogen-bond acceptors (Lipinski definition) is 7. The number of hydrogen-bond donors (Lipinski definition) is 2. The van der Waals surface area contributed by atoms with E-state index in [-0.39, 0.29) is 10.3 Å². The molecule has 23 heavy (non-hydrogen) atoms. The maximum Gasteiger partial charge on any atom is 0.247 e. The minimum atomic E-state index is -3.68. The van der Waals surface area contributed by atoms with Crippen LogP contribution in [-0.4, -0.2) is 29.1 Å². The van der Waals surface area contributed by atoms with Crippen LogP contribution in [0, 0.1) is 0 Å². The first-order valence-electron chi connectivity index (χ1n) is 6.85. The van der Waals surface area contributed by atoms with E-state index in [9.17, 15) is 8.42 Å². The molecule has 0 aliphatic carbocycles. The van der Waals surface area contributed by atoms with Crippen LogP contribution in [0.3, 0.4) is 0 Å². The number of nitrogens with one attached hydrogen (secondary N) is 1. The summed E-state index contributed by atoms with van der Waals surface area (Å²) in [6, 6.07) is 9.49. The summed E-state index contributed by atoms with van der Waals surface area (Å²) >= 11 is 2.73. The molecular formula is C14H17N3O3S3. The Morgan fingerprint density at radius 3 is 2.83 bits per heavy atom. The fraction of sp³-hybridized carbons (Fsp3) is 0.286. The minimum absolute atomic E-state index is 0.0317. The third kappa shape index (κ3) is 3.33. The standard InChI is InChI=1S/C14H17N3O3S3/c1-16-12-8-17(9-4-3-5-10(6-9)20-2)22-14-11(12)7-13(21-14)23(15,18)19/h3-7,12,16H,8H2,1-2H3,(H2,15,18,19)/t12-/m1/s1. The van der Waals surface area contributed by atoms with Crippen molar-refractivity contribution in [3.05, 3.63) is 35.9 Å². The summed E-state index contributed by atoms with van der Waals surface area (Å²) in [4.78, 5) is 0. The van der Waals surface area contributed by atoms with Crippen molar-refractivity contribution in [3.63, 3.8) is 0 Å². The summed E-state index contributed by atoms with van der Waals surface area (Å²) in [7, 11) is -0.185. The van der Waals surface area contributed by atoms with Gasteiger partial charge in [-0.25, -0.2) is 13.6 Å². The first-order valence-corrected chi connectivity index (χ1v) is 9.99. The second-order valence-corrected chi connectivity index (χ2v) is 9.18. The molecule has 0 amide bonds. The van der Waals surface area contributed by atoms with Gasteiger partial charge in [0, 0.05) is 12.6 Å². The highest BCUT2D eigenvalue weighted by atomic mass is 32.3. The van der Waals surface area contributed by atoms with E-state index < -0.39 is 10.0 Å². The van der Waals surface area contributed by atoms with E-state index in [2.05, 4.69) is 9.62 Å². The Hall–Kier alpha value is -1.26. The lowest BCUT2D eigenvalue weighted by atomic mass is 10.1. The third-order valence-corrected chi connectivity index (χ3v) is 7.41. The van der Waals surface area contributed by atoms with Crippen molar-refractivity contribution in [2.24, 2.45) is 5.14 Å². The predicted octanol–water partition coefficient (Wildman–Crippen LogP) is 2.19. The number of primary sulfonamides is 1. The highest BCUT2D eigenvalue weighted by Crippen LogP contribution is 2.45. The first-order chi connectivity index (χ1) is 10.9. The molecule has 3 rings (SSSR count). The van der Waals surface area contributed by atoms with E-state index >= 15 is 0 Å². The van der Waals surface area contributed by atoms with Gasteiger partial charge >= 0.3 is 0 Å². The van der Waals surface area contributed by atoms with E-state index in [1.165, 1.54) is 23.3 Å². The molecule has 0 unspecified atom stereocenters. The summed E-state index contributed by atoms with van der Waals surface area (Å²) < 4.78 is 31.7. The van der Waals surface area contributed by atoms with Crippen LogP contribution in [0.25, 0.3) is 0 Å². The molecule has 0 radical (unpaired) electrons. The Morgan fingerprint density at radius 2 is 2.17 bits per heavy atom. The SMILES string of the molecule is CN[C@@H]1CN(c2cccc(OC)c2)Sc2sc(S(N)(=O)=O)cc21. The van der Waals surface area contributed by atoms with Gasteiger partial charge in [0.25, 0.3) is 0 Å². The number of methoxy groups -OCH3 is 1. The van der Waals surface area contributed by atoms with Crippen molar-refractivity contribution in [1.29, 1.82) is 0 Å². The summed E-state index contributed by atoms with van der Waals surface area (Å²) in [5, 5.41) is 8.50. The van der Waals surface area contributed by atoms with Crippen molar-refractivity contribution in [3.8, 4) is 5.75 Å². The van der Waals surface area contributed by atoms with Crippen LogP contribution >= 0.6 is 23.3 Å². The molecule has 1 aliphatic rings. The molecule has 0 saturated heterocycles. The van der Waals surface area contributed by atoms with Gasteiger partial charge in [0.1, 0.15) is 9.96 Å². The maximum absolute atomic E-state index is 11.6. The lowest BCUT2D eigenvalue weighted by Gasteiger charge is -2.32. The normalized spacial score (nSPS) is 17.9. The smallest absolute Gasteiger partial charge is 0.247 e. The molecule has 1 atom stereocenters. The number of likely N-dealkylation sites (N-methyl/N-ethyl adjacent to an activating group) is 1. The minimum Gasteiger partial charge on any atom is -0.497 e. The molecule has 1 aromatic carbocycles. The van der Waals surface area contributed by atoms with Gasteiger partial charge in [0.2, 0.25) is 10.0 Å². The number of ether oxygens (including phenoxy) is 1. The number of nitrogens with zero attached hydrogens (tertiary/aromatic N) is 1. The molecule has 1 aromatic heterocycles. The topological polar surface area (TPSA) is 84.7 Å². The van der Waals surface area contributed by atoms with E-state index in [1.807, 2.05) is 31.3 Å². The lowest BCUT2D eigenvalue weighted by Crippen LogP contribution is -2.32. The van der Waals surface area contributed by atoms with Crippen molar-refractivity contribution >= 4 is 39.0 Å². The van der Waals surface area contributed by atoms with Gasteiger partial charge < -0.3 is 14.4 Å². The highest BCUT2D eigenvalue weighted by molar-refractivity contribution is 8.03. The predicted molar refractivity (Wildman–Crippen MR) is 93.7 cm³/mol. The number of thiophene rings is 1. The molecule has 0 fully saturated rings. The number of benzene rings is 1. The zero-order valence-corrected chi connectivity index (χ0v) is 15.1. The van der Waals surface area contributed by atoms with Crippen LogP contribution in [0.15, 0.2) is 38.8 Å². The fourth-order valence-corrected chi connectivity index (χ4v) is 5.88. The number of nitrogens with two attached hydrogens (primary N) is 1. The number of fused-ring (bicyclic) bond motifs is 1. The van der Waals surface area contributed by atoms with Gasteiger partial charge in [-0.2, -0.15) is 0 Å². The molecule has 0 saturated carbocycles.